The maximum Gasteiger partial charge on any atom is 0.397 e. The van der Waals surface area contributed by atoms with Gasteiger partial charge < -0.3 is 19.7 Å². The van der Waals surface area contributed by atoms with Gasteiger partial charge in [-0.05, 0) is 29.3 Å². The molecule has 2 rings (SSSR count). The molecule has 2 atom stereocenters. The highest BCUT2D eigenvalue weighted by molar-refractivity contribution is 6.30. The number of hydrogen-bond acceptors (Lipinski definition) is 6. The van der Waals surface area contributed by atoms with Crippen molar-refractivity contribution in [3.8, 4) is 0 Å². The van der Waals surface area contributed by atoms with Gasteiger partial charge in [0.1, 0.15) is 12.2 Å². The first-order valence-corrected chi connectivity index (χ1v) is 6.51. The first-order valence-electron chi connectivity index (χ1n) is 6.13. The van der Waals surface area contributed by atoms with Crippen LogP contribution in [0.3, 0.4) is 0 Å². The average molecular weight is 326 g/mol. The minimum atomic E-state index is -2.99. The first-order chi connectivity index (χ1) is 10.4. The normalized spacial score (nSPS) is 24.7. The molecule has 0 fully saturated rings. The monoisotopic (exact) mass is 325 g/mol. The fourth-order valence-corrected chi connectivity index (χ4v) is 2.40. The molecule has 2 unspecified atom stereocenters. The third kappa shape index (κ3) is 2.34. The quantitative estimate of drug-likeness (QED) is 0.379. The number of hydrogen-bond donors (Lipinski definition) is 2. The van der Waals surface area contributed by atoms with Gasteiger partial charge in [0.05, 0.1) is 12.0 Å². The second kappa shape index (κ2) is 5.78. The molecule has 0 aromatic heterocycles. The van der Waals surface area contributed by atoms with Gasteiger partial charge in [-0.3, -0.25) is 10.1 Å². The Kier molecular flexibility index (Phi) is 4.20. The van der Waals surface area contributed by atoms with Crippen LogP contribution in [-0.2, 0) is 9.53 Å². The summed E-state index contributed by atoms with van der Waals surface area (Å²) in [5.41, 5.74) is -2.42. The number of aliphatic hydroxyl groups excluding tert-OH is 1. The van der Waals surface area contributed by atoms with Crippen molar-refractivity contribution in [2.75, 3.05) is 7.11 Å². The molecule has 0 spiro atoms. The first kappa shape index (κ1) is 16.0. The molecular formula is C14H12ClNO6. The van der Waals surface area contributed by atoms with Gasteiger partial charge in [0.2, 0.25) is 5.76 Å². The zero-order valence-corrected chi connectivity index (χ0v) is 12.1. The lowest BCUT2D eigenvalue weighted by Gasteiger charge is -2.30. The van der Waals surface area contributed by atoms with Crippen molar-refractivity contribution < 1.29 is 24.7 Å². The van der Waals surface area contributed by atoms with E-state index in [1.165, 1.54) is 25.3 Å². The van der Waals surface area contributed by atoms with Crippen LogP contribution in [0.5, 0.6) is 0 Å². The summed E-state index contributed by atoms with van der Waals surface area (Å²) in [6.45, 7) is 0. The van der Waals surface area contributed by atoms with Crippen LogP contribution in [0.15, 0.2) is 41.9 Å². The van der Waals surface area contributed by atoms with Crippen LogP contribution in [0.4, 0.5) is 0 Å². The van der Waals surface area contributed by atoms with Crippen molar-refractivity contribution >= 4 is 23.5 Å². The van der Waals surface area contributed by atoms with Gasteiger partial charge in [0, 0.05) is 5.02 Å². The summed E-state index contributed by atoms with van der Waals surface area (Å²) in [6.07, 6.45) is 1.49. The van der Waals surface area contributed by atoms with Crippen LogP contribution in [0.2, 0.25) is 5.02 Å². The average Bonchev–Trinajstić information content (AvgIpc) is 2.50. The number of allylic oxidation sites excluding steroid dienone is 1. The molecular weight excluding hydrogens is 314 g/mol. The molecule has 0 saturated carbocycles. The third-order valence-electron chi connectivity index (χ3n) is 3.45. The fraction of sp³-hybridized carbons (Fsp3) is 0.214. The Bertz CT molecular complexity index is 681. The van der Waals surface area contributed by atoms with Crippen LogP contribution < -0.4 is 0 Å². The molecule has 1 aliphatic rings. The van der Waals surface area contributed by atoms with E-state index in [0.29, 0.717) is 10.6 Å². The minimum Gasteiger partial charge on any atom is -0.501 e. The van der Waals surface area contributed by atoms with Gasteiger partial charge in [-0.2, -0.15) is 0 Å². The molecule has 1 aromatic carbocycles. The fourth-order valence-electron chi connectivity index (χ4n) is 2.27. The number of carbonyl (C=O) groups excluding carboxylic acids is 1. The van der Waals surface area contributed by atoms with E-state index in [-0.39, 0.29) is 17.6 Å². The van der Waals surface area contributed by atoms with Crippen LogP contribution in [0, 0.1) is 16.0 Å². The number of rotatable bonds is 4. The van der Waals surface area contributed by atoms with Crippen molar-refractivity contribution in [2.24, 2.45) is 5.92 Å². The Morgan fingerprint density at radius 1 is 1.41 bits per heavy atom. The topological polar surface area (TPSA) is 110 Å². The molecule has 1 aliphatic carbocycles. The van der Waals surface area contributed by atoms with E-state index in [0.717, 1.165) is 0 Å². The van der Waals surface area contributed by atoms with Crippen LogP contribution in [0.1, 0.15) is 5.56 Å². The van der Waals surface area contributed by atoms with Gasteiger partial charge in [-0.25, -0.2) is 0 Å². The summed E-state index contributed by atoms with van der Waals surface area (Å²) in [4.78, 5) is 21.5. The Morgan fingerprint density at radius 3 is 2.45 bits per heavy atom. The summed E-state index contributed by atoms with van der Waals surface area (Å²) in [5, 5.41) is 31.9. The second-order valence-electron chi connectivity index (χ2n) is 4.62. The van der Waals surface area contributed by atoms with Crippen LogP contribution in [-0.4, -0.2) is 34.3 Å². The van der Waals surface area contributed by atoms with Crippen molar-refractivity contribution in [1.82, 2.24) is 0 Å². The highest BCUT2D eigenvalue weighted by Gasteiger charge is 2.58. The number of aldehydes is 1. The number of nitrogens with zero attached hydrogens (tertiary/aromatic N) is 1. The molecule has 116 valence electrons. The molecule has 0 aliphatic heterocycles. The number of ether oxygens (including phenoxy) is 1. The van der Waals surface area contributed by atoms with Crippen LogP contribution >= 0.6 is 11.6 Å². The lowest BCUT2D eigenvalue weighted by Crippen LogP contribution is -2.50. The molecule has 0 saturated heterocycles. The van der Waals surface area contributed by atoms with Crippen molar-refractivity contribution in [2.45, 2.75) is 5.72 Å². The standard InChI is InChI=1S/C14H12ClNO6/c1-22-12-6-10(8-2-4-9(15)5-3-8)11(7-17)14(19,13(12)18)16(20)21/h2-7,11,18-19H,1H3. The largest absolute Gasteiger partial charge is 0.501 e. The van der Waals surface area contributed by atoms with E-state index in [4.69, 9.17) is 16.3 Å². The van der Waals surface area contributed by atoms with E-state index >= 15 is 0 Å². The van der Waals surface area contributed by atoms with Gasteiger partial charge in [-0.15, -0.1) is 0 Å². The number of nitro groups is 1. The Balaban J connectivity index is 2.69. The van der Waals surface area contributed by atoms with Gasteiger partial charge in [0.25, 0.3) is 0 Å². The Hall–Kier alpha value is -2.38. The predicted octanol–water partition coefficient (Wildman–Crippen LogP) is 1.93. The molecule has 22 heavy (non-hydrogen) atoms. The zero-order valence-electron chi connectivity index (χ0n) is 11.4. The number of benzene rings is 1. The minimum absolute atomic E-state index is 0.139. The highest BCUT2D eigenvalue weighted by Crippen LogP contribution is 2.41. The maximum atomic E-state index is 11.4. The van der Waals surface area contributed by atoms with Crippen molar-refractivity contribution in [3.63, 3.8) is 0 Å². The molecule has 1 aromatic rings. The summed E-state index contributed by atoms with van der Waals surface area (Å²) in [7, 11) is 1.18. The molecule has 7 nitrogen and oxygen atoms in total. The third-order valence-corrected chi connectivity index (χ3v) is 3.70. The van der Waals surface area contributed by atoms with E-state index in [1.807, 2.05) is 0 Å². The van der Waals surface area contributed by atoms with Crippen molar-refractivity contribution in [1.29, 1.82) is 0 Å². The van der Waals surface area contributed by atoms with Gasteiger partial charge >= 0.3 is 5.72 Å². The molecule has 8 heteroatoms. The summed E-state index contributed by atoms with van der Waals surface area (Å²) < 4.78 is 4.86. The maximum absolute atomic E-state index is 11.4. The molecule has 0 bridgehead atoms. The van der Waals surface area contributed by atoms with E-state index in [1.54, 1.807) is 12.1 Å². The van der Waals surface area contributed by atoms with E-state index < -0.39 is 22.3 Å². The Morgan fingerprint density at radius 2 is 2.00 bits per heavy atom. The van der Waals surface area contributed by atoms with Crippen molar-refractivity contribution in [3.05, 3.63) is 62.6 Å². The van der Waals surface area contributed by atoms with E-state index in [9.17, 15) is 25.1 Å². The highest BCUT2D eigenvalue weighted by atomic mass is 35.5. The molecule has 2 N–H and O–H groups in total. The smallest absolute Gasteiger partial charge is 0.397 e. The lowest BCUT2D eigenvalue weighted by molar-refractivity contribution is -0.621. The summed E-state index contributed by atoms with van der Waals surface area (Å²) >= 11 is 5.79. The lowest BCUT2D eigenvalue weighted by atomic mass is 9.80. The Labute approximate surface area is 130 Å². The number of methoxy groups -OCH3 is 1. The molecule has 0 amide bonds. The van der Waals surface area contributed by atoms with Crippen LogP contribution in [0.25, 0.3) is 5.57 Å². The number of halogens is 1. The zero-order chi connectivity index (χ0) is 16.5. The van der Waals surface area contributed by atoms with E-state index in [2.05, 4.69) is 0 Å². The van der Waals surface area contributed by atoms with Gasteiger partial charge in [-0.1, -0.05) is 23.7 Å². The number of carbonyl (C=O) groups is 1. The second-order valence-corrected chi connectivity index (χ2v) is 5.06. The van der Waals surface area contributed by atoms with Gasteiger partial charge in [0.15, 0.2) is 5.76 Å². The molecule has 0 radical (unpaired) electrons. The number of aliphatic hydroxyl groups is 2. The summed E-state index contributed by atoms with van der Waals surface area (Å²) in [6, 6.07) is 6.16. The summed E-state index contributed by atoms with van der Waals surface area (Å²) in [5.74, 6) is -2.90. The SMILES string of the molecule is COC1=C(O)C(O)([N+](=O)[O-])C(C=O)C(c2ccc(Cl)cc2)=C1. The molecule has 0 heterocycles. The predicted molar refractivity (Wildman–Crippen MR) is 77.6 cm³/mol.